The Bertz CT molecular complexity index is 378. The van der Waals surface area contributed by atoms with E-state index in [1.54, 1.807) is 4.90 Å². The summed E-state index contributed by atoms with van der Waals surface area (Å²) in [6.07, 6.45) is 2.48. The summed E-state index contributed by atoms with van der Waals surface area (Å²) in [5.74, 6) is -0.378. The normalized spacial score (nSPS) is 30.6. The number of hydrogen-bond donors (Lipinski definition) is 1. The van der Waals surface area contributed by atoms with Crippen molar-refractivity contribution >= 4 is 11.9 Å². The lowest BCUT2D eigenvalue weighted by atomic mass is 9.63. The molecule has 0 aromatic carbocycles. The topological polar surface area (TPSA) is 57.6 Å². The van der Waals surface area contributed by atoms with Gasteiger partial charge in [0.1, 0.15) is 5.54 Å². The summed E-state index contributed by atoms with van der Waals surface area (Å²) >= 11 is 0. The summed E-state index contributed by atoms with van der Waals surface area (Å²) in [6.45, 7) is 11.5. The maximum Gasteiger partial charge on any atom is 0.329 e. The van der Waals surface area contributed by atoms with Gasteiger partial charge in [0.05, 0.1) is 0 Å². The van der Waals surface area contributed by atoms with Gasteiger partial charge >= 0.3 is 5.97 Å². The molecule has 1 fully saturated rings. The molecule has 1 saturated carbocycles. The van der Waals surface area contributed by atoms with Gasteiger partial charge in [0.25, 0.3) is 0 Å². The van der Waals surface area contributed by atoms with Crippen molar-refractivity contribution in [2.45, 2.75) is 72.4 Å². The fourth-order valence-electron chi connectivity index (χ4n) is 4.10. The van der Waals surface area contributed by atoms with Crippen molar-refractivity contribution in [1.82, 2.24) is 4.90 Å². The summed E-state index contributed by atoms with van der Waals surface area (Å²) < 4.78 is 0. The number of carboxylic acid groups (broad SMARTS) is 1. The average Bonchev–Trinajstić information content (AvgIpc) is 2.26. The Kier molecular flexibility index (Phi) is 5.22. The second-order valence-corrected chi connectivity index (χ2v) is 6.95. The Morgan fingerprint density at radius 3 is 2.10 bits per heavy atom. The van der Waals surface area contributed by atoms with E-state index in [-0.39, 0.29) is 23.8 Å². The molecule has 0 aliphatic heterocycles. The van der Waals surface area contributed by atoms with Gasteiger partial charge in [-0.05, 0) is 44.4 Å². The molecule has 1 amide bonds. The first-order chi connectivity index (χ1) is 9.14. The van der Waals surface area contributed by atoms with E-state index in [4.69, 9.17) is 0 Å². The minimum atomic E-state index is -1.05. The number of carbonyl (C=O) groups is 2. The van der Waals surface area contributed by atoms with E-state index in [2.05, 4.69) is 20.8 Å². The van der Waals surface area contributed by atoms with Crippen LogP contribution in [-0.2, 0) is 9.59 Å². The minimum absolute atomic E-state index is 0.0162. The van der Waals surface area contributed by atoms with Crippen molar-refractivity contribution in [3.05, 3.63) is 0 Å². The maximum absolute atomic E-state index is 12.2. The Balaban J connectivity index is 3.41. The fraction of sp³-hybridized carbons (Fsp3) is 0.875. The monoisotopic (exact) mass is 283 g/mol. The van der Waals surface area contributed by atoms with Gasteiger partial charge in [-0.15, -0.1) is 0 Å². The molecule has 0 aromatic heterocycles. The summed E-state index contributed by atoms with van der Waals surface area (Å²) in [6, 6.07) is -0.102. The third-order valence-electron chi connectivity index (χ3n) is 4.70. The number of rotatable bonds is 4. The van der Waals surface area contributed by atoms with Gasteiger partial charge in [0, 0.05) is 13.0 Å². The fourth-order valence-corrected chi connectivity index (χ4v) is 4.10. The van der Waals surface area contributed by atoms with Crippen LogP contribution in [0.3, 0.4) is 0 Å². The van der Waals surface area contributed by atoms with Crippen molar-refractivity contribution in [3.63, 3.8) is 0 Å². The van der Waals surface area contributed by atoms with Crippen LogP contribution < -0.4 is 0 Å². The SMILES string of the molecule is CC(=O)N(C(C)C)C1(C(=O)O)CC(C)CCC1C(C)C. The van der Waals surface area contributed by atoms with E-state index in [0.29, 0.717) is 12.3 Å². The number of carboxylic acids is 1. The largest absolute Gasteiger partial charge is 0.479 e. The van der Waals surface area contributed by atoms with Crippen LogP contribution in [-0.4, -0.2) is 33.5 Å². The first-order valence-corrected chi connectivity index (χ1v) is 7.67. The van der Waals surface area contributed by atoms with E-state index < -0.39 is 11.5 Å². The summed E-state index contributed by atoms with van der Waals surface area (Å²) in [4.78, 5) is 25.9. The highest BCUT2D eigenvalue weighted by atomic mass is 16.4. The van der Waals surface area contributed by atoms with Crippen molar-refractivity contribution in [1.29, 1.82) is 0 Å². The standard InChI is InChI=1S/C16H29NO3/c1-10(2)14-8-7-12(5)9-16(14,15(19)20)17(11(3)4)13(6)18/h10-12,14H,7-9H2,1-6H3,(H,19,20). The van der Waals surface area contributed by atoms with Gasteiger partial charge in [-0.25, -0.2) is 4.79 Å². The number of aliphatic carboxylic acids is 1. The van der Waals surface area contributed by atoms with Crippen molar-refractivity contribution in [3.8, 4) is 0 Å². The van der Waals surface area contributed by atoms with Crippen LogP contribution in [0.2, 0.25) is 0 Å². The van der Waals surface area contributed by atoms with Crippen LogP contribution in [0.1, 0.15) is 60.8 Å². The Hall–Kier alpha value is -1.06. The molecule has 1 aliphatic rings. The molecule has 1 aliphatic carbocycles. The summed E-state index contributed by atoms with van der Waals surface area (Å²) in [5.41, 5.74) is -1.05. The molecule has 4 heteroatoms. The first-order valence-electron chi connectivity index (χ1n) is 7.67. The second kappa shape index (κ2) is 6.15. The lowest BCUT2D eigenvalue weighted by Crippen LogP contribution is -2.66. The molecule has 116 valence electrons. The zero-order valence-corrected chi connectivity index (χ0v) is 13.6. The quantitative estimate of drug-likeness (QED) is 0.862. The molecule has 1 N–H and O–H groups in total. The van der Waals surface area contributed by atoms with Gasteiger partial charge in [-0.3, -0.25) is 4.79 Å². The van der Waals surface area contributed by atoms with E-state index in [0.717, 1.165) is 12.8 Å². The van der Waals surface area contributed by atoms with Crippen LogP contribution >= 0.6 is 0 Å². The minimum Gasteiger partial charge on any atom is -0.479 e. The Morgan fingerprint density at radius 1 is 1.20 bits per heavy atom. The number of hydrogen-bond acceptors (Lipinski definition) is 2. The smallest absolute Gasteiger partial charge is 0.329 e. The predicted molar refractivity (Wildman–Crippen MR) is 79.4 cm³/mol. The van der Waals surface area contributed by atoms with Crippen LogP contribution in [0.4, 0.5) is 0 Å². The van der Waals surface area contributed by atoms with E-state index in [1.165, 1.54) is 6.92 Å². The van der Waals surface area contributed by atoms with Crippen molar-refractivity contribution in [2.24, 2.45) is 17.8 Å². The van der Waals surface area contributed by atoms with Gasteiger partial charge in [-0.1, -0.05) is 27.2 Å². The van der Waals surface area contributed by atoms with E-state index in [1.807, 2.05) is 13.8 Å². The Morgan fingerprint density at radius 2 is 1.75 bits per heavy atom. The first kappa shape index (κ1) is 17.0. The number of amides is 1. The molecule has 0 saturated heterocycles. The molecule has 20 heavy (non-hydrogen) atoms. The molecular weight excluding hydrogens is 254 g/mol. The molecule has 3 unspecified atom stereocenters. The van der Waals surface area contributed by atoms with Crippen LogP contribution in [0.25, 0.3) is 0 Å². The molecule has 0 radical (unpaired) electrons. The van der Waals surface area contributed by atoms with Crippen LogP contribution in [0, 0.1) is 17.8 Å². The van der Waals surface area contributed by atoms with Gasteiger partial charge in [0.15, 0.2) is 0 Å². The molecule has 3 atom stereocenters. The van der Waals surface area contributed by atoms with Crippen LogP contribution in [0.15, 0.2) is 0 Å². The third-order valence-corrected chi connectivity index (χ3v) is 4.70. The number of nitrogens with zero attached hydrogens (tertiary/aromatic N) is 1. The molecule has 4 nitrogen and oxygen atoms in total. The molecule has 1 rings (SSSR count). The molecule has 0 heterocycles. The Labute approximate surface area is 122 Å². The third kappa shape index (κ3) is 2.84. The highest BCUT2D eigenvalue weighted by Gasteiger charge is 2.55. The van der Waals surface area contributed by atoms with E-state index in [9.17, 15) is 14.7 Å². The summed E-state index contributed by atoms with van der Waals surface area (Å²) in [7, 11) is 0. The zero-order valence-electron chi connectivity index (χ0n) is 13.6. The zero-order chi connectivity index (χ0) is 15.7. The van der Waals surface area contributed by atoms with Crippen LogP contribution in [0.5, 0.6) is 0 Å². The summed E-state index contributed by atoms with van der Waals surface area (Å²) in [5, 5.41) is 10.0. The second-order valence-electron chi connectivity index (χ2n) is 6.95. The van der Waals surface area contributed by atoms with Gasteiger partial charge in [0.2, 0.25) is 5.91 Å². The molecule has 0 spiro atoms. The maximum atomic E-state index is 12.2. The lowest BCUT2D eigenvalue weighted by Gasteiger charge is -2.52. The molecule has 0 aromatic rings. The molecular formula is C16H29NO3. The van der Waals surface area contributed by atoms with Crippen molar-refractivity contribution in [2.75, 3.05) is 0 Å². The van der Waals surface area contributed by atoms with Gasteiger partial charge in [-0.2, -0.15) is 0 Å². The molecule has 0 bridgehead atoms. The predicted octanol–water partition coefficient (Wildman–Crippen LogP) is 3.16. The van der Waals surface area contributed by atoms with Gasteiger partial charge < -0.3 is 10.0 Å². The highest BCUT2D eigenvalue weighted by Crippen LogP contribution is 2.45. The van der Waals surface area contributed by atoms with E-state index >= 15 is 0 Å². The highest BCUT2D eigenvalue weighted by molar-refractivity contribution is 5.87. The van der Waals surface area contributed by atoms with Crippen molar-refractivity contribution < 1.29 is 14.7 Å². The number of carbonyl (C=O) groups excluding carboxylic acids is 1. The average molecular weight is 283 g/mol. The lowest BCUT2D eigenvalue weighted by molar-refractivity contribution is -0.173.